The first-order valence-corrected chi connectivity index (χ1v) is 4.04. The number of hydrogen-bond donors (Lipinski definition) is 1. The minimum absolute atomic E-state index is 0.0799. The topological polar surface area (TPSA) is 20.2 Å². The van der Waals surface area contributed by atoms with E-state index in [-0.39, 0.29) is 6.10 Å². The first kappa shape index (κ1) is 6.56. The summed E-state index contributed by atoms with van der Waals surface area (Å²) in [6, 6.07) is 0. The average molecular weight is 179 g/mol. The largest absolute Gasteiger partial charge is 0.392 e. The van der Waals surface area contributed by atoms with E-state index >= 15 is 0 Å². The zero-order chi connectivity index (χ0) is 5.98. The molecule has 2 atom stereocenters. The molecule has 1 nitrogen and oxygen atoms in total. The molecule has 0 aromatic heterocycles. The van der Waals surface area contributed by atoms with Gasteiger partial charge in [-0.3, -0.25) is 0 Å². The molecule has 0 heterocycles. The number of aliphatic hydroxyl groups excluding tert-OH is 1. The maximum absolute atomic E-state index is 9.13. The summed E-state index contributed by atoms with van der Waals surface area (Å²) >= 11 is 3.40. The van der Waals surface area contributed by atoms with Gasteiger partial charge in [0.1, 0.15) is 0 Å². The molecule has 0 aromatic carbocycles. The third kappa shape index (κ3) is 1.46. The summed E-state index contributed by atoms with van der Waals surface area (Å²) in [4.78, 5) is 0.372. The van der Waals surface area contributed by atoms with Crippen LogP contribution in [0.4, 0.5) is 0 Å². The molecule has 1 aliphatic carbocycles. The maximum Gasteiger partial charge on any atom is 0.0665 e. The van der Waals surface area contributed by atoms with Crippen molar-refractivity contribution in [2.45, 2.75) is 36.6 Å². The van der Waals surface area contributed by atoms with Crippen LogP contribution in [0.25, 0.3) is 0 Å². The van der Waals surface area contributed by atoms with Crippen LogP contribution >= 0.6 is 15.9 Å². The Hall–Kier alpha value is 0.440. The number of rotatable bonds is 0. The molecule has 0 aliphatic heterocycles. The lowest BCUT2D eigenvalue weighted by Crippen LogP contribution is -2.23. The molecule has 2 heteroatoms. The summed E-state index contributed by atoms with van der Waals surface area (Å²) in [6.07, 6.45) is 4.51. The van der Waals surface area contributed by atoms with Gasteiger partial charge in [0.05, 0.1) is 6.10 Å². The Labute approximate surface area is 58.2 Å². The van der Waals surface area contributed by atoms with Crippen LogP contribution in [0.3, 0.4) is 0 Å². The van der Waals surface area contributed by atoms with Gasteiger partial charge in [-0.15, -0.1) is 0 Å². The molecule has 0 saturated heterocycles. The Bertz CT molecular complexity index is 64.9. The van der Waals surface area contributed by atoms with Crippen molar-refractivity contribution >= 4 is 15.9 Å². The van der Waals surface area contributed by atoms with E-state index in [4.69, 9.17) is 5.11 Å². The molecule has 1 aliphatic rings. The Morgan fingerprint density at radius 1 is 1.25 bits per heavy atom. The maximum atomic E-state index is 9.13. The Balaban J connectivity index is 2.28. The molecule has 0 radical (unpaired) electrons. The van der Waals surface area contributed by atoms with Crippen molar-refractivity contribution in [2.75, 3.05) is 0 Å². The number of aliphatic hydroxyl groups is 1. The van der Waals surface area contributed by atoms with Gasteiger partial charge in [-0.1, -0.05) is 28.8 Å². The average Bonchev–Trinajstić information content (AvgIpc) is 1.77. The van der Waals surface area contributed by atoms with E-state index < -0.39 is 0 Å². The molecule has 48 valence electrons. The second-order valence-electron chi connectivity index (χ2n) is 2.37. The van der Waals surface area contributed by atoms with Gasteiger partial charge < -0.3 is 5.11 Å². The van der Waals surface area contributed by atoms with Gasteiger partial charge in [0.2, 0.25) is 0 Å². The first-order valence-electron chi connectivity index (χ1n) is 3.13. The SMILES string of the molecule is O[C@H]1CCCC[C@H]1Br. The number of alkyl halides is 1. The van der Waals surface area contributed by atoms with Gasteiger partial charge in [0, 0.05) is 4.83 Å². The zero-order valence-corrected chi connectivity index (χ0v) is 6.39. The predicted molar refractivity (Wildman–Crippen MR) is 37.2 cm³/mol. The molecular weight excluding hydrogens is 168 g/mol. The quantitative estimate of drug-likeness (QED) is 0.561. The Kier molecular flexibility index (Phi) is 2.32. The molecule has 0 aromatic rings. The summed E-state index contributed by atoms with van der Waals surface area (Å²) in [5.41, 5.74) is 0. The van der Waals surface area contributed by atoms with Crippen LogP contribution in [-0.2, 0) is 0 Å². The van der Waals surface area contributed by atoms with E-state index in [9.17, 15) is 0 Å². The van der Waals surface area contributed by atoms with Crippen molar-refractivity contribution in [2.24, 2.45) is 0 Å². The van der Waals surface area contributed by atoms with Gasteiger partial charge in [-0.2, -0.15) is 0 Å². The van der Waals surface area contributed by atoms with E-state index in [0.717, 1.165) is 12.8 Å². The van der Waals surface area contributed by atoms with Crippen molar-refractivity contribution in [3.63, 3.8) is 0 Å². The van der Waals surface area contributed by atoms with Crippen LogP contribution in [-0.4, -0.2) is 16.0 Å². The summed E-state index contributed by atoms with van der Waals surface area (Å²) in [5.74, 6) is 0. The van der Waals surface area contributed by atoms with Crippen molar-refractivity contribution in [1.82, 2.24) is 0 Å². The third-order valence-corrected chi connectivity index (χ3v) is 2.72. The molecule has 1 rings (SSSR count). The minimum atomic E-state index is -0.0799. The predicted octanol–water partition coefficient (Wildman–Crippen LogP) is 1.68. The van der Waals surface area contributed by atoms with Gasteiger partial charge in [0.15, 0.2) is 0 Å². The monoisotopic (exact) mass is 178 g/mol. The molecule has 1 saturated carbocycles. The fraction of sp³-hybridized carbons (Fsp3) is 1.00. The van der Waals surface area contributed by atoms with E-state index in [0.29, 0.717) is 4.83 Å². The third-order valence-electron chi connectivity index (χ3n) is 1.65. The van der Waals surface area contributed by atoms with Crippen molar-refractivity contribution in [3.8, 4) is 0 Å². The molecule has 0 amide bonds. The number of hydrogen-bond acceptors (Lipinski definition) is 1. The molecule has 8 heavy (non-hydrogen) atoms. The molecular formula is C6H11BrO. The van der Waals surface area contributed by atoms with Crippen LogP contribution in [0, 0.1) is 0 Å². The van der Waals surface area contributed by atoms with E-state index in [1.165, 1.54) is 12.8 Å². The van der Waals surface area contributed by atoms with E-state index in [1.807, 2.05) is 0 Å². The summed E-state index contributed by atoms with van der Waals surface area (Å²) in [5, 5.41) is 9.13. The lowest BCUT2D eigenvalue weighted by Gasteiger charge is -2.21. The summed E-state index contributed by atoms with van der Waals surface area (Å²) in [6.45, 7) is 0. The minimum Gasteiger partial charge on any atom is -0.392 e. The molecule has 1 N–H and O–H groups in total. The van der Waals surface area contributed by atoms with Gasteiger partial charge in [-0.25, -0.2) is 0 Å². The molecule has 0 unspecified atom stereocenters. The second kappa shape index (κ2) is 2.83. The highest BCUT2D eigenvalue weighted by molar-refractivity contribution is 9.09. The Morgan fingerprint density at radius 2 is 1.88 bits per heavy atom. The summed E-state index contributed by atoms with van der Waals surface area (Å²) < 4.78 is 0. The van der Waals surface area contributed by atoms with Crippen molar-refractivity contribution in [3.05, 3.63) is 0 Å². The van der Waals surface area contributed by atoms with Gasteiger partial charge in [-0.05, 0) is 12.8 Å². The smallest absolute Gasteiger partial charge is 0.0665 e. The van der Waals surface area contributed by atoms with Crippen molar-refractivity contribution in [1.29, 1.82) is 0 Å². The molecule has 1 fully saturated rings. The standard InChI is InChI=1S/C6H11BrO/c7-5-3-1-2-4-6(5)8/h5-6,8H,1-4H2/t5-,6+/m1/s1. The van der Waals surface area contributed by atoms with Crippen LogP contribution in [0.5, 0.6) is 0 Å². The molecule has 0 bridgehead atoms. The highest BCUT2D eigenvalue weighted by atomic mass is 79.9. The van der Waals surface area contributed by atoms with Crippen LogP contribution < -0.4 is 0 Å². The van der Waals surface area contributed by atoms with E-state index in [2.05, 4.69) is 15.9 Å². The second-order valence-corrected chi connectivity index (χ2v) is 3.54. The highest BCUT2D eigenvalue weighted by Crippen LogP contribution is 2.23. The lowest BCUT2D eigenvalue weighted by molar-refractivity contribution is 0.139. The fourth-order valence-electron chi connectivity index (χ4n) is 1.07. The normalized spacial score (nSPS) is 39.8. The molecule has 0 spiro atoms. The van der Waals surface area contributed by atoms with Crippen LogP contribution in [0.15, 0.2) is 0 Å². The van der Waals surface area contributed by atoms with Crippen LogP contribution in [0.2, 0.25) is 0 Å². The Morgan fingerprint density at radius 3 is 2.25 bits per heavy atom. The summed E-state index contributed by atoms with van der Waals surface area (Å²) in [7, 11) is 0. The fourth-order valence-corrected chi connectivity index (χ4v) is 1.65. The highest BCUT2D eigenvalue weighted by Gasteiger charge is 2.19. The first-order chi connectivity index (χ1) is 3.80. The van der Waals surface area contributed by atoms with Gasteiger partial charge >= 0.3 is 0 Å². The zero-order valence-electron chi connectivity index (χ0n) is 4.81. The van der Waals surface area contributed by atoms with Crippen LogP contribution in [0.1, 0.15) is 25.7 Å². The number of halogens is 1. The van der Waals surface area contributed by atoms with Crippen molar-refractivity contribution < 1.29 is 5.11 Å². The van der Waals surface area contributed by atoms with Gasteiger partial charge in [0.25, 0.3) is 0 Å². The lowest BCUT2D eigenvalue weighted by atomic mass is 9.98. The van der Waals surface area contributed by atoms with E-state index in [1.54, 1.807) is 0 Å².